The molecular weight excluding hydrogens is 344 g/mol. The molecule has 2 aromatic heterocycles. The van der Waals surface area contributed by atoms with Crippen molar-refractivity contribution in [1.82, 2.24) is 20.1 Å². The van der Waals surface area contributed by atoms with Gasteiger partial charge in [0.2, 0.25) is 5.56 Å². The van der Waals surface area contributed by atoms with Crippen molar-refractivity contribution in [2.24, 2.45) is 0 Å². The second-order valence-corrected chi connectivity index (χ2v) is 7.53. The number of H-pyrrole nitrogens is 1. The number of hydrogen-bond acceptors (Lipinski definition) is 4. The van der Waals surface area contributed by atoms with Crippen LogP contribution in [0.2, 0.25) is 0 Å². The predicted molar refractivity (Wildman–Crippen MR) is 101 cm³/mol. The van der Waals surface area contributed by atoms with Gasteiger partial charge >= 0.3 is 0 Å². The van der Waals surface area contributed by atoms with Crippen LogP contribution in [0.25, 0.3) is 0 Å². The number of amides is 1. The molecule has 0 atom stereocenters. The number of hydrogen-bond donors (Lipinski definition) is 2. The third-order valence-corrected chi connectivity index (χ3v) is 5.65. The van der Waals surface area contributed by atoms with Crippen LogP contribution in [0.5, 0.6) is 0 Å². The summed E-state index contributed by atoms with van der Waals surface area (Å²) in [4.78, 5) is 38.6. The number of nitrogens with one attached hydrogen (secondary N) is 2. The molecule has 0 spiro atoms. The minimum atomic E-state index is -0.288. The van der Waals surface area contributed by atoms with Crippen molar-refractivity contribution in [1.29, 1.82) is 0 Å². The molecule has 4 rings (SSSR count). The molecule has 27 heavy (non-hydrogen) atoms. The summed E-state index contributed by atoms with van der Waals surface area (Å²) in [5.41, 5.74) is 2.26. The summed E-state index contributed by atoms with van der Waals surface area (Å²) < 4.78 is 1.67. The van der Waals surface area contributed by atoms with E-state index < -0.39 is 0 Å². The highest BCUT2D eigenvalue weighted by Crippen LogP contribution is 2.28. The van der Waals surface area contributed by atoms with E-state index in [1.54, 1.807) is 16.8 Å². The first kappa shape index (κ1) is 17.7. The van der Waals surface area contributed by atoms with E-state index in [2.05, 4.69) is 15.4 Å². The predicted octanol–water partition coefficient (Wildman–Crippen LogP) is 1.72. The summed E-state index contributed by atoms with van der Waals surface area (Å²) in [6, 6.07) is 4.82. The molecule has 2 aliphatic carbocycles. The van der Waals surface area contributed by atoms with Crippen LogP contribution in [0.4, 0.5) is 0 Å². The van der Waals surface area contributed by atoms with Gasteiger partial charge in [0, 0.05) is 29.9 Å². The first-order valence-electron chi connectivity index (χ1n) is 9.71. The number of aryl methyl sites for hydroxylation is 2. The third kappa shape index (κ3) is 3.86. The fraction of sp³-hybridized carbons (Fsp3) is 0.500. The zero-order chi connectivity index (χ0) is 18.8. The van der Waals surface area contributed by atoms with Gasteiger partial charge in [0.05, 0.1) is 11.7 Å². The van der Waals surface area contributed by atoms with Gasteiger partial charge in [-0.25, -0.2) is 4.68 Å². The highest BCUT2D eigenvalue weighted by molar-refractivity contribution is 5.94. The quantitative estimate of drug-likeness (QED) is 0.862. The third-order valence-electron chi connectivity index (χ3n) is 5.65. The van der Waals surface area contributed by atoms with E-state index in [-0.39, 0.29) is 29.1 Å². The zero-order valence-electron chi connectivity index (χ0n) is 15.2. The molecule has 0 saturated heterocycles. The highest BCUT2D eigenvalue weighted by Gasteiger charge is 2.26. The maximum absolute atomic E-state index is 12.5. The summed E-state index contributed by atoms with van der Waals surface area (Å²) >= 11 is 0. The molecule has 7 heteroatoms. The van der Waals surface area contributed by atoms with Crippen molar-refractivity contribution in [3.05, 3.63) is 61.9 Å². The largest absolute Gasteiger partial charge is 0.349 e. The maximum atomic E-state index is 12.5. The van der Waals surface area contributed by atoms with Crippen molar-refractivity contribution in [2.45, 2.75) is 63.5 Å². The summed E-state index contributed by atoms with van der Waals surface area (Å²) in [6.45, 7) is 0. The van der Waals surface area contributed by atoms with E-state index in [9.17, 15) is 14.4 Å². The maximum Gasteiger partial charge on any atom is 0.267 e. The van der Waals surface area contributed by atoms with E-state index in [1.807, 2.05) is 0 Å². The normalized spacial score (nSPS) is 22.1. The number of fused-ring (bicyclic) bond motifs is 1. The molecular formula is C20H24N4O3. The van der Waals surface area contributed by atoms with Crippen molar-refractivity contribution in [3.63, 3.8) is 0 Å². The molecule has 2 N–H and O–H groups in total. The Kier molecular flexibility index (Phi) is 4.92. The molecule has 2 aromatic rings. The molecule has 0 unspecified atom stereocenters. The molecule has 0 radical (unpaired) electrons. The molecule has 0 bridgehead atoms. The van der Waals surface area contributed by atoms with Gasteiger partial charge in [-0.2, -0.15) is 5.10 Å². The molecule has 1 saturated carbocycles. The summed E-state index contributed by atoms with van der Waals surface area (Å²) in [5, 5.41) is 7.66. The number of rotatable bonds is 3. The Labute approximate surface area is 156 Å². The first-order chi connectivity index (χ1) is 13.1. The fourth-order valence-electron chi connectivity index (χ4n) is 4.16. The van der Waals surface area contributed by atoms with Crippen LogP contribution in [0.1, 0.15) is 66.2 Å². The van der Waals surface area contributed by atoms with Crippen LogP contribution >= 0.6 is 0 Å². The Bertz CT molecular complexity index is 954. The second-order valence-electron chi connectivity index (χ2n) is 7.53. The van der Waals surface area contributed by atoms with E-state index in [0.29, 0.717) is 5.56 Å². The number of aromatic amines is 1. The number of carbonyl (C=O) groups excluding carboxylic acids is 1. The van der Waals surface area contributed by atoms with Crippen LogP contribution in [-0.4, -0.2) is 26.7 Å². The molecule has 1 fully saturated rings. The number of pyridine rings is 1. The lowest BCUT2D eigenvalue weighted by molar-refractivity contribution is 0.0921. The smallest absolute Gasteiger partial charge is 0.267 e. The number of aromatic nitrogens is 3. The van der Waals surface area contributed by atoms with Gasteiger partial charge in [-0.15, -0.1) is 0 Å². The monoisotopic (exact) mass is 368 g/mol. The topological polar surface area (TPSA) is 96.8 Å². The fourth-order valence-corrected chi connectivity index (χ4v) is 4.16. The number of carbonyl (C=O) groups is 1. The Balaban J connectivity index is 1.40. The minimum absolute atomic E-state index is 0.00773. The lowest BCUT2D eigenvalue weighted by Crippen LogP contribution is -2.40. The van der Waals surface area contributed by atoms with Crippen molar-refractivity contribution in [3.8, 4) is 0 Å². The molecule has 1 amide bonds. The van der Waals surface area contributed by atoms with Gasteiger partial charge in [0.15, 0.2) is 0 Å². The van der Waals surface area contributed by atoms with Crippen LogP contribution in [0, 0.1) is 0 Å². The summed E-state index contributed by atoms with van der Waals surface area (Å²) in [5.74, 6) is -0.228. The molecule has 0 aliphatic heterocycles. The number of nitrogens with zero attached hydrogens (tertiary/aromatic N) is 2. The Morgan fingerprint density at radius 1 is 1.11 bits per heavy atom. The lowest BCUT2D eigenvalue weighted by atomic mass is 9.90. The Hall–Kier alpha value is -2.70. The molecule has 0 aromatic carbocycles. The molecule has 142 valence electrons. The van der Waals surface area contributed by atoms with Crippen molar-refractivity contribution in [2.75, 3.05) is 0 Å². The highest BCUT2D eigenvalue weighted by atomic mass is 16.2. The van der Waals surface area contributed by atoms with E-state index >= 15 is 0 Å². The van der Waals surface area contributed by atoms with Gasteiger partial charge in [-0.1, -0.05) is 0 Å². The van der Waals surface area contributed by atoms with E-state index in [4.69, 9.17) is 0 Å². The molecule has 2 heterocycles. The lowest BCUT2D eigenvalue weighted by Gasteiger charge is -2.30. The minimum Gasteiger partial charge on any atom is -0.349 e. The van der Waals surface area contributed by atoms with Crippen LogP contribution in [0.3, 0.4) is 0 Å². The average Bonchev–Trinajstić information content (AvgIpc) is 2.68. The van der Waals surface area contributed by atoms with Gasteiger partial charge in [0.25, 0.3) is 11.5 Å². The molecule has 2 aliphatic rings. The van der Waals surface area contributed by atoms with Crippen molar-refractivity contribution >= 4 is 5.91 Å². The van der Waals surface area contributed by atoms with E-state index in [0.717, 1.165) is 62.6 Å². The van der Waals surface area contributed by atoms with Gasteiger partial charge in [-0.05, 0) is 63.0 Å². The second kappa shape index (κ2) is 7.50. The molecule has 7 nitrogen and oxygen atoms in total. The Morgan fingerprint density at radius 3 is 2.67 bits per heavy atom. The first-order valence-corrected chi connectivity index (χ1v) is 9.71. The SMILES string of the molecule is O=C(NC1CCC(n2nc3c(cc2=O)CCCC3)CC1)c1cc[nH]c(=O)c1. The van der Waals surface area contributed by atoms with Gasteiger partial charge in [-0.3, -0.25) is 14.4 Å². The standard InChI is InChI=1S/C20H24N4O3/c25-18-11-14(9-10-21-18)20(27)22-15-5-7-16(8-6-15)24-19(26)12-13-3-1-2-4-17(13)23-24/h9-12,15-16H,1-8H2,(H,21,25)(H,22,27). The van der Waals surface area contributed by atoms with Crippen LogP contribution < -0.4 is 16.4 Å². The average molecular weight is 368 g/mol. The summed E-state index contributed by atoms with van der Waals surface area (Å²) in [7, 11) is 0. The Morgan fingerprint density at radius 2 is 1.89 bits per heavy atom. The summed E-state index contributed by atoms with van der Waals surface area (Å²) in [6.07, 6.45) is 8.88. The van der Waals surface area contributed by atoms with Gasteiger partial charge in [0.1, 0.15) is 0 Å². The van der Waals surface area contributed by atoms with Crippen LogP contribution in [0.15, 0.2) is 34.0 Å². The van der Waals surface area contributed by atoms with Gasteiger partial charge < -0.3 is 10.3 Å². The zero-order valence-corrected chi connectivity index (χ0v) is 15.2. The van der Waals surface area contributed by atoms with Crippen molar-refractivity contribution < 1.29 is 4.79 Å². The van der Waals surface area contributed by atoms with E-state index in [1.165, 1.54) is 12.3 Å². The van der Waals surface area contributed by atoms with Crippen LogP contribution in [-0.2, 0) is 12.8 Å².